The van der Waals surface area contributed by atoms with E-state index in [4.69, 9.17) is 0 Å². The molecule has 116 valence electrons. The Morgan fingerprint density at radius 1 is 1.24 bits per heavy atom. The predicted octanol–water partition coefficient (Wildman–Crippen LogP) is 2.54. The van der Waals surface area contributed by atoms with Crippen molar-refractivity contribution >= 4 is 17.7 Å². The average molecular weight is 308 g/mol. The van der Waals surface area contributed by atoms with E-state index < -0.39 is 0 Å². The Bertz CT molecular complexity index is 496. The fourth-order valence-corrected chi connectivity index (χ4v) is 4.05. The van der Waals surface area contributed by atoms with Gasteiger partial charge in [0, 0.05) is 19.0 Å². The third-order valence-electron chi connectivity index (χ3n) is 4.43. The van der Waals surface area contributed by atoms with Crippen LogP contribution in [-0.2, 0) is 17.8 Å². The first-order chi connectivity index (χ1) is 10.2. The zero-order valence-corrected chi connectivity index (χ0v) is 13.5. The van der Waals surface area contributed by atoms with Crippen molar-refractivity contribution in [1.29, 1.82) is 0 Å². The number of aryl methyl sites for hydroxylation is 1. The fraction of sp³-hybridized carbons (Fsp3) is 0.800. The zero-order chi connectivity index (χ0) is 14.7. The number of hydrogen-bond acceptors (Lipinski definition) is 4. The van der Waals surface area contributed by atoms with Crippen LogP contribution in [0.15, 0.2) is 5.16 Å². The van der Waals surface area contributed by atoms with Crippen LogP contribution >= 0.6 is 11.8 Å². The SMILES string of the molecule is CC(Sc1nnc2n1CCCCC2)C(=O)NC1CCCC1. The number of carbonyl (C=O) groups excluding carboxylic acids is 1. The molecule has 1 amide bonds. The molecule has 1 fully saturated rings. The van der Waals surface area contributed by atoms with E-state index in [-0.39, 0.29) is 11.2 Å². The number of nitrogens with one attached hydrogen (secondary N) is 1. The third-order valence-corrected chi connectivity index (χ3v) is 5.51. The minimum atomic E-state index is -0.109. The number of fused-ring (bicyclic) bond motifs is 1. The van der Waals surface area contributed by atoms with E-state index >= 15 is 0 Å². The molecule has 1 aliphatic carbocycles. The van der Waals surface area contributed by atoms with Crippen molar-refractivity contribution in [1.82, 2.24) is 20.1 Å². The van der Waals surface area contributed by atoms with Crippen molar-refractivity contribution in [3.05, 3.63) is 5.82 Å². The van der Waals surface area contributed by atoms with Crippen molar-refractivity contribution in [2.24, 2.45) is 0 Å². The van der Waals surface area contributed by atoms with E-state index in [2.05, 4.69) is 20.1 Å². The summed E-state index contributed by atoms with van der Waals surface area (Å²) < 4.78 is 2.21. The fourth-order valence-electron chi connectivity index (χ4n) is 3.15. The molecule has 1 aliphatic heterocycles. The highest BCUT2D eigenvalue weighted by Crippen LogP contribution is 2.26. The molecule has 1 unspecified atom stereocenters. The van der Waals surface area contributed by atoms with Crippen molar-refractivity contribution in [3.63, 3.8) is 0 Å². The van der Waals surface area contributed by atoms with Gasteiger partial charge in [-0.15, -0.1) is 10.2 Å². The van der Waals surface area contributed by atoms with Gasteiger partial charge in [-0.2, -0.15) is 0 Å². The van der Waals surface area contributed by atoms with Gasteiger partial charge in [-0.3, -0.25) is 4.79 Å². The van der Waals surface area contributed by atoms with E-state index in [1.807, 2.05) is 6.92 Å². The third kappa shape index (κ3) is 3.59. The van der Waals surface area contributed by atoms with E-state index in [1.165, 1.54) is 32.1 Å². The highest BCUT2D eigenvalue weighted by atomic mass is 32.2. The molecule has 0 saturated heterocycles. The molecule has 21 heavy (non-hydrogen) atoms. The predicted molar refractivity (Wildman–Crippen MR) is 83.3 cm³/mol. The normalized spacial score (nSPS) is 20.8. The van der Waals surface area contributed by atoms with Crippen molar-refractivity contribution in [2.75, 3.05) is 0 Å². The first-order valence-electron chi connectivity index (χ1n) is 8.13. The maximum absolute atomic E-state index is 12.3. The van der Waals surface area contributed by atoms with Crippen LogP contribution in [0.25, 0.3) is 0 Å². The van der Waals surface area contributed by atoms with E-state index in [0.29, 0.717) is 6.04 Å². The maximum atomic E-state index is 12.3. The smallest absolute Gasteiger partial charge is 0.233 e. The van der Waals surface area contributed by atoms with Crippen LogP contribution in [0, 0.1) is 0 Å². The lowest BCUT2D eigenvalue weighted by atomic mass is 10.2. The van der Waals surface area contributed by atoms with Gasteiger partial charge in [0.05, 0.1) is 5.25 Å². The van der Waals surface area contributed by atoms with Gasteiger partial charge in [-0.05, 0) is 32.6 Å². The van der Waals surface area contributed by atoms with Crippen LogP contribution in [0.2, 0.25) is 0 Å². The van der Waals surface area contributed by atoms with E-state index in [0.717, 1.165) is 36.8 Å². The minimum Gasteiger partial charge on any atom is -0.352 e. The lowest BCUT2D eigenvalue weighted by Crippen LogP contribution is -2.37. The Morgan fingerprint density at radius 3 is 2.86 bits per heavy atom. The second-order valence-electron chi connectivity index (χ2n) is 6.11. The molecule has 3 rings (SSSR count). The molecule has 2 aliphatic rings. The molecule has 6 heteroatoms. The summed E-state index contributed by atoms with van der Waals surface area (Å²) in [6.07, 6.45) is 9.38. The largest absolute Gasteiger partial charge is 0.352 e. The Balaban J connectivity index is 1.60. The molecule has 2 heterocycles. The second kappa shape index (κ2) is 6.81. The first-order valence-corrected chi connectivity index (χ1v) is 9.01. The molecule has 0 aromatic carbocycles. The summed E-state index contributed by atoms with van der Waals surface area (Å²) in [5, 5.41) is 12.5. The number of thioether (sulfide) groups is 1. The van der Waals surface area contributed by atoms with Crippen molar-refractivity contribution < 1.29 is 4.79 Å². The van der Waals surface area contributed by atoms with Crippen LogP contribution in [0.3, 0.4) is 0 Å². The molecule has 5 nitrogen and oxygen atoms in total. The number of hydrogen-bond donors (Lipinski definition) is 1. The summed E-state index contributed by atoms with van der Waals surface area (Å²) in [5.74, 6) is 1.22. The topological polar surface area (TPSA) is 59.8 Å². The summed E-state index contributed by atoms with van der Waals surface area (Å²) in [5.41, 5.74) is 0. The van der Waals surface area contributed by atoms with Crippen LogP contribution in [-0.4, -0.2) is 32.0 Å². The number of amides is 1. The molecule has 1 aromatic heterocycles. The molecule has 0 spiro atoms. The summed E-state index contributed by atoms with van der Waals surface area (Å²) in [4.78, 5) is 12.3. The highest BCUT2D eigenvalue weighted by Gasteiger charge is 2.24. The molecule has 1 N–H and O–H groups in total. The highest BCUT2D eigenvalue weighted by molar-refractivity contribution is 8.00. The van der Waals surface area contributed by atoms with Crippen molar-refractivity contribution in [2.45, 2.75) is 81.3 Å². The zero-order valence-electron chi connectivity index (χ0n) is 12.7. The summed E-state index contributed by atoms with van der Waals surface area (Å²) in [6.45, 7) is 2.95. The van der Waals surface area contributed by atoms with Crippen LogP contribution < -0.4 is 5.32 Å². The molecular formula is C15H24N4OS. The number of rotatable bonds is 4. The Hall–Kier alpha value is -1.04. The number of carbonyl (C=O) groups is 1. The molecule has 1 saturated carbocycles. The Morgan fingerprint density at radius 2 is 2.05 bits per heavy atom. The van der Waals surface area contributed by atoms with Gasteiger partial charge in [0.2, 0.25) is 5.91 Å². The molecule has 1 atom stereocenters. The summed E-state index contributed by atoms with van der Waals surface area (Å²) >= 11 is 1.54. The first kappa shape index (κ1) is 14.9. The second-order valence-corrected chi connectivity index (χ2v) is 7.42. The van der Waals surface area contributed by atoms with Crippen molar-refractivity contribution in [3.8, 4) is 0 Å². The van der Waals surface area contributed by atoms with Gasteiger partial charge < -0.3 is 9.88 Å². The standard InChI is InChI=1S/C15H24N4OS/c1-11(14(20)16-12-7-4-5-8-12)21-15-18-17-13-9-3-2-6-10-19(13)15/h11-12H,2-10H2,1H3,(H,16,20). The monoisotopic (exact) mass is 308 g/mol. The Labute approximate surface area is 130 Å². The number of aromatic nitrogens is 3. The summed E-state index contributed by atoms with van der Waals surface area (Å²) in [7, 11) is 0. The average Bonchev–Trinajstić information content (AvgIpc) is 3.04. The van der Waals surface area contributed by atoms with E-state index in [1.54, 1.807) is 11.8 Å². The lowest BCUT2D eigenvalue weighted by molar-refractivity contribution is -0.120. The van der Waals surface area contributed by atoms with E-state index in [9.17, 15) is 4.79 Å². The molecular weight excluding hydrogens is 284 g/mol. The minimum absolute atomic E-state index is 0.109. The van der Waals surface area contributed by atoms with Crippen LogP contribution in [0.4, 0.5) is 0 Å². The van der Waals surface area contributed by atoms with Gasteiger partial charge in [-0.25, -0.2) is 0 Å². The van der Waals surface area contributed by atoms with Gasteiger partial charge >= 0.3 is 0 Å². The quantitative estimate of drug-likeness (QED) is 0.868. The molecule has 0 bridgehead atoms. The van der Waals surface area contributed by atoms with Crippen LogP contribution in [0.5, 0.6) is 0 Å². The van der Waals surface area contributed by atoms with Crippen LogP contribution in [0.1, 0.15) is 57.7 Å². The molecule has 0 radical (unpaired) electrons. The van der Waals surface area contributed by atoms with Gasteiger partial charge in [0.15, 0.2) is 5.16 Å². The summed E-state index contributed by atoms with van der Waals surface area (Å²) in [6, 6.07) is 0.385. The number of nitrogens with zero attached hydrogens (tertiary/aromatic N) is 3. The lowest BCUT2D eigenvalue weighted by Gasteiger charge is -2.16. The van der Waals surface area contributed by atoms with Gasteiger partial charge in [0.25, 0.3) is 0 Å². The van der Waals surface area contributed by atoms with Gasteiger partial charge in [0.1, 0.15) is 5.82 Å². The molecule has 1 aromatic rings. The van der Waals surface area contributed by atoms with Gasteiger partial charge in [-0.1, -0.05) is 31.0 Å². The maximum Gasteiger partial charge on any atom is 0.233 e. The Kier molecular flexibility index (Phi) is 4.83.